The van der Waals surface area contributed by atoms with Crippen molar-refractivity contribution in [3.8, 4) is 0 Å². The van der Waals surface area contributed by atoms with Crippen LogP contribution in [0, 0.1) is 0 Å². The maximum absolute atomic E-state index is 5.45. The fourth-order valence-corrected chi connectivity index (χ4v) is 1.05. The van der Waals surface area contributed by atoms with E-state index in [1.807, 2.05) is 20.8 Å². The average molecular weight is 172 g/mol. The lowest BCUT2D eigenvalue weighted by atomic mass is 10.2. The number of allylic oxidation sites excluding steroid dienone is 2. The lowest BCUT2D eigenvalue weighted by molar-refractivity contribution is 0.160. The standard InChI is InChI=1S/C10H20O2/c1-5-8-10(12-7-3)9(4)11-6-2/h5-8H2,1-4H3. The van der Waals surface area contributed by atoms with Crippen molar-refractivity contribution in [1.29, 1.82) is 0 Å². The molecule has 0 spiro atoms. The third kappa shape index (κ3) is 4.27. The summed E-state index contributed by atoms with van der Waals surface area (Å²) in [4.78, 5) is 0. The van der Waals surface area contributed by atoms with Gasteiger partial charge < -0.3 is 9.47 Å². The van der Waals surface area contributed by atoms with Crippen molar-refractivity contribution in [2.75, 3.05) is 13.2 Å². The van der Waals surface area contributed by atoms with Gasteiger partial charge in [-0.05, 0) is 27.2 Å². The van der Waals surface area contributed by atoms with E-state index in [9.17, 15) is 0 Å². The van der Waals surface area contributed by atoms with Gasteiger partial charge in [0.1, 0.15) is 11.5 Å². The van der Waals surface area contributed by atoms with Gasteiger partial charge in [-0.25, -0.2) is 0 Å². The Bertz CT molecular complexity index is 131. The molecular weight excluding hydrogens is 152 g/mol. The van der Waals surface area contributed by atoms with E-state index in [0.717, 1.165) is 31.0 Å². The molecule has 72 valence electrons. The summed E-state index contributed by atoms with van der Waals surface area (Å²) >= 11 is 0. The van der Waals surface area contributed by atoms with Crippen LogP contribution in [0.3, 0.4) is 0 Å². The fraction of sp³-hybridized carbons (Fsp3) is 0.800. The first-order valence-electron chi connectivity index (χ1n) is 4.71. The highest BCUT2D eigenvalue weighted by molar-refractivity contribution is 4.98. The van der Waals surface area contributed by atoms with Gasteiger partial charge in [-0.2, -0.15) is 0 Å². The smallest absolute Gasteiger partial charge is 0.133 e. The minimum absolute atomic E-state index is 0.714. The van der Waals surface area contributed by atoms with Crippen LogP contribution >= 0.6 is 0 Å². The van der Waals surface area contributed by atoms with Crippen molar-refractivity contribution in [3.63, 3.8) is 0 Å². The Morgan fingerprint density at radius 1 is 1.00 bits per heavy atom. The molecule has 0 fully saturated rings. The zero-order valence-electron chi connectivity index (χ0n) is 8.64. The molecule has 0 saturated carbocycles. The van der Waals surface area contributed by atoms with Gasteiger partial charge in [0.2, 0.25) is 0 Å². The van der Waals surface area contributed by atoms with Crippen LogP contribution in [-0.2, 0) is 9.47 Å². The largest absolute Gasteiger partial charge is 0.495 e. The summed E-state index contributed by atoms with van der Waals surface area (Å²) in [5.41, 5.74) is 0. The summed E-state index contributed by atoms with van der Waals surface area (Å²) in [7, 11) is 0. The maximum atomic E-state index is 5.45. The highest BCUT2D eigenvalue weighted by atomic mass is 16.5. The molecule has 0 atom stereocenters. The summed E-state index contributed by atoms with van der Waals surface area (Å²) in [5.74, 6) is 1.93. The predicted octanol–water partition coefficient (Wildman–Crippen LogP) is 3.09. The summed E-state index contributed by atoms with van der Waals surface area (Å²) in [5, 5.41) is 0. The van der Waals surface area contributed by atoms with Gasteiger partial charge in [0.25, 0.3) is 0 Å². The van der Waals surface area contributed by atoms with Gasteiger partial charge in [-0.1, -0.05) is 6.92 Å². The van der Waals surface area contributed by atoms with Crippen molar-refractivity contribution in [2.24, 2.45) is 0 Å². The van der Waals surface area contributed by atoms with E-state index in [0.29, 0.717) is 6.61 Å². The summed E-state index contributed by atoms with van der Waals surface area (Å²) in [6.45, 7) is 9.52. The highest BCUT2D eigenvalue weighted by Gasteiger charge is 2.02. The Balaban J connectivity index is 4.11. The third-order valence-corrected chi connectivity index (χ3v) is 1.55. The molecule has 0 amide bonds. The topological polar surface area (TPSA) is 18.5 Å². The second-order valence-electron chi connectivity index (χ2n) is 2.60. The lowest BCUT2D eigenvalue weighted by Crippen LogP contribution is -1.98. The molecule has 0 bridgehead atoms. The van der Waals surface area contributed by atoms with Crippen LogP contribution in [0.2, 0.25) is 0 Å². The molecule has 0 heterocycles. The quantitative estimate of drug-likeness (QED) is 0.573. The average Bonchev–Trinajstić information content (AvgIpc) is 2.04. The van der Waals surface area contributed by atoms with Gasteiger partial charge in [0.15, 0.2) is 0 Å². The van der Waals surface area contributed by atoms with Crippen molar-refractivity contribution in [2.45, 2.75) is 40.5 Å². The Labute approximate surface area is 75.6 Å². The molecule has 0 aromatic rings. The first-order chi connectivity index (χ1) is 5.76. The Morgan fingerprint density at radius 2 is 1.58 bits per heavy atom. The maximum Gasteiger partial charge on any atom is 0.133 e. The minimum Gasteiger partial charge on any atom is -0.495 e. The van der Waals surface area contributed by atoms with Crippen molar-refractivity contribution < 1.29 is 9.47 Å². The molecule has 0 N–H and O–H groups in total. The van der Waals surface area contributed by atoms with Crippen LogP contribution in [0.15, 0.2) is 11.5 Å². The second-order valence-corrected chi connectivity index (χ2v) is 2.60. The molecule has 12 heavy (non-hydrogen) atoms. The van der Waals surface area contributed by atoms with E-state index in [2.05, 4.69) is 6.92 Å². The third-order valence-electron chi connectivity index (χ3n) is 1.55. The van der Waals surface area contributed by atoms with Crippen LogP contribution in [0.4, 0.5) is 0 Å². The summed E-state index contributed by atoms with van der Waals surface area (Å²) in [6.07, 6.45) is 2.07. The number of rotatable bonds is 6. The van der Waals surface area contributed by atoms with Crippen LogP contribution in [0.25, 0.3) is 0 Å². The van der Waals surface area contributed by atoms with Gasteiger partial charge in [-0.3, -0.25) is 0 Å². The number of hydrogen-bond donors (Lipinski definition) is 0. The molecule has 0 aliphatic carbocycles. The molecule has 0 aromatic carbocycles. The van der Waals surface area contributed by atoms with Gasteiger partial charge in [-0.15, -0.1) is 0 Å². The highest BCUT2D eigenvalue weighted by Crippen LogP contribution is 2.13. The summed E-state index contributed by atoms with van der Waals surface area (Å²) in [6, 6.07) is 0. The van der Waals surface area contributed by atoms with Crippen molar-refractivity contribution in [3.05, 3.63) is 11.5 Å². The predicted molar refractivity (Wildman–Crippen MR) is 50.9 cm³/mol. The molecule has 0 aromatic heterocycles. The fourth-order valence-electron chi connectivity index (χ4n) is 1.05. The molecular formula is C10H20O2. The monoisotopic (exact) mass is 172 g/mol. The number of ether oxygens (including phenoxy) is 2. The molecule has 0 radical (unpaired) electrons. The molecule has 0 aliphatic heterocycles. The van der Waals surface area contributed by atoms with Crippen LogP contribution in [-0.4, -0.2) is 13.2 Å². The molecule has 2 nitrogen and oxygen atoms in total. The Morgan fingerprint density at radius 3 is 2.00 bits per heavy atom. The van der Waals surface area contributed by atoms with E-state index in [-0.39, 0.29) is 0 Å². The van der Waals surface area contributed by atoms with Crippen LogP contribution < -0.4 is 0 Å². The Kier molecular flexibility index (Phi) is 6.63. The normalized spacial score (nSPS) is 12.3. The first-order valence-corrected chi connectivity index (χ1v) is 4.71. The first kappa shape index (κ1) is 11.3. The molecule has 2 heteroatoms. The van der Waals surface area contributed by atoms with E-state index in [4.69, 9.17) is 9.47 Å². The number of hydrogen-bond acceptors (Lipinski definition) is 2. The minimum atomic E-state index is 0.714. The van der Waals surface area contributed by atoms with Crippen LogP contribution in [0.1, 0.15) is 40.5 Å². The van der Waals surface area contributed by atoms with Crippen molar-refractivity contribution in [1.82, 2.24) is 0 Å². The van der Waals surface area contributed by atoms with Gasteiger partial charge in [0.05, 0.1) is 13.2 Å². The van der Waals surface area contributed by atoms with E-state index >= 15 is 0 Å². The zero-order chi connectivity index (χ0) is 9.40. The zero-order valence-corrected chi connectivity index (χ0v) is 8.64. The van der Waals surface area contributed by atoms with E-state index in [1.54, 1.807) is 0 Å². The van der Waals surface area contributed by atoms with E-state index in [1.165, 1.54) is 0 Å². The lowest BCUT2D eigenvalue weighted by Gasteiger charge is -2.11. The SMILES string of the molecule is CCCC(OCC)=C(C)OCC. The van der Waals surface area contributed by atoms with Crippen LogP contribution in [0.5, 0.6) is 0 Å². The van der Waals surface area contributed by atoms with Crippen molar-refractivity contribution >= 4 is 0 Å². The second kappa shape index (κ2) is 7.01. The summed E-state index contributed by atoms with van der Waals surface area (Å²) < 4.78 is 10.8. The Hall–Kier alpha value is -0.660. The molecule has 0 saturated heterocycles. The van der Waals surface area contributed by atoms with E-state index < -0.39 is 0 Å². The molecule has 0 rings (SSSR count). The van der Waals surface area contributed by atoms with Gasteiger partial charge in [0, 0.05) is 6.42 Å². The van der Waals surface area contributed by atoms with Gasteiger partial charge >= 0.3 is 0 Å². The molecule has 0 aliphatic rings. The molecule has 0 unspecified atom stereocenters.